The maximum Gasteiger partial charge on any atom is 0.253 e. The lowest BCUT2D eigenvalue weighted by atomic mass is 10.0. The first-order valence-corrected chi connectivity index (χ1v) is 13.9. The lowest BCUT2D eigenvalue weighted by Crippen LogP contribution is -2.33. The zero-order chi connectivity index (χ0) is 29.8. The Morgan fingerprint density at radius 3 is 1.87 bits per heavy atom. The van der Waals surface area contributed by atoms with E-state index >= 15 is 0 Å². The molecular weight excluding hydrogens is 500 g/mol. The Morgan fingerprint density at radius 2 is 1.36 bits per heavy atom. The fourth-order valence-electron chi connectivity index (χ4n) is 3.78. The van der Waals surface area contributed by atoms with Gasteiger partial charge >= 0.3 is 0 Å². The van der Waals surface area contributed by atoms with E-state index in [9.17, 15) is 18.4 Å². The van der Waals surface area contributed by atoms with Crippen LogP contribution in [0.1, 0.15) is 78.8 Å². The number of halogens is 2. The lowest BCUT2D eigenvalue weighted by Gasteiger charge is -2.22. The van der Waals surface area contributed by atoms with Gasteiger partial charge in [0.15, 0.2) is 0 Å². The van der Waals surface area contributed by atoms with Crippen LogP contribution in [0, 0.1) is 25.5 Å². The Labute approximate surface area is 234 Å². The highest BCUT2D eigenvalue weighted by atomic mass is 19.1. The number of aryl methyl sites for hydroxylation is 2. The Kier molecular flexibility index (Phi) is 19.5. The summed E-state index contributed by atoms with van der Waals surface area (Å²) in [7, 11) is 3.73. The number of ether oxygens (including phenoxy) is 1. The van der Waals surface area contributed by atoms with Crippen molar-refractivity contribution in [3.8, 4) is 0 Å². The molecule has 0 bridgehead atoms. The number of benzene rings is 2. The fourth-order valence-corrected chi connectivity index (χ4v) is 3.78. The molecule has 1 N–H and O–H groups in total. The standard InChI is InChI=1S/C22H37N3O3.C7H6F2.C2H6/c1-6-10-25(11-7-2)22(27)20-16-18(3)15-19(17-20)21(26)23-9-8-12-24(4)13-14-28-5;1-5-2-6(8)4-7(9)3-5;1-2/h15-17H,6-14H2,1-5H3,(H,23,26);2-4H,1H3;1-2H3. The highest BCUT2D eigenvalue weighted by molar-refractivity contribution is 6.00. The summed E-state index contributed by atoms with van der Waals surface area (Å²) in [4.78, 5) is 29.4. The van der Waals surface area contributed by atoms with E-state index in [-0.39, 0.29) is 11.8 Å². The van der Waals surface area contributed by atoms with Crippen molar-refractivity contribution >= 4 is 11.8 Å². The Hall–Kier alpha value is -2.84. The molecule has 0 saturated heterocycles. The minimum Gasteiger partial charge on any atom is -0.383 e. The van der Waals surface area contributed by atoms with Gasteiger partial charge in [0.25, 0.3) is 11.8 Å². The second kappa shape index (κ2) is 21.0. The quantitative estimate of drug-likeness (QED) is 0.300. The summed E-state index contributed by atoms with van der Waals surface area (Å²) in [6.07, 6.45) is 2.71. The number of hydrogen-bond donors (Lipinski definition) is 1. The topological polar surface area (TPSA) is 61.9 Å². The molecule has 0 saturated carbocycles. The van der Waals surface area contributed by atoms with Gasteiger partial charge in [-0.05, 0) is 88.2 Å². The van der Waals surface area contributed by atoms with E-state index in [1.54, 1.807) is 20.1 Å². The van der Waals surface area contributed by atoms with E-state index in [2.05, 4.69) is 24.1 Å². The van der Waals surface area contributed by atoms with Gasteiger partial charge in [0, 0.05) is 50.5 Å². The van der Waals surface area contributed by atoms with E-state index in [4.69, 9.17) is 4.74 Å². The van der Waals surface area contributed by atoms with E-state index in [1.807, 2.05) is 44.9 Å². The molecule has 39 heavy (non-hydrogen) atoms. The third-order valence-electron chi connectivity index (χ3n) is 5.55. The summed E-state index contributed by atoms with van der Waals surface area (Å²) in [5.41, 5.74) is 2.66. The monoisotopic (exact) mass is 549 g/mol. The van der Waals surface area contributed by atoms with Gasteiger partial charge in [-0.15, -0.1) is 0 Å². The second-order valence-electron chi connectivity index (χ2n) is 9.23. The van der Waals surface area contributed by atoms with Crippen molar-refractivity contribution < 1.29 is 23.1 Å². The largest absolute Gasteiger partial charge is 0.383 e. The van der Waals surface area contributed by atoms with Crippen LogP contribution < -0.4 is 5.32 Å². The van der Waals surface area contributed by atoms with Crippen LogP contribution in [0.15, 0.2) is 36.4 Å². The van der Waals surface area contributed by atoms with Gasteiger partial charge in [-0.2, -0.15) is 0 Å². The Morgan fingerprint density at radius 1 is 0.821 bits per heavy atom. The summed E-state index contributed by atoms with van der Waals surface area (Å²) < 4.78 is 29.4. The van der Waals surface area contributed by atoms with Crippen molar-refractivity contribution in [2.75, 3.05) is 53.5 Å². The third kappa shape index (κ3) is 15.4. The molecule has 2 aromatic rings. The summed E-state index contributed by atoms with van der Waals surface area (Å²) in [6.45, 7) is 16.2. The van der Waals surface area contributed by atoms with Crippen LogP contribution in [0.3, 0.4) is 0 Å². The molecular formula is C31H49F2N3O3. The van der Waals surface area contributed by atoms with E-state index in [0.717, 1.165) is 57.1 Å². The van der Waals surface area contributed by atoms with Gasteiger partial charge in [-0.25, -0.2) is 8.78 Å². The fraction of sp³-hybridized carbons (Fsp3) is 0.548. The minimum atomic E-state index is -0.521. The van der Waals surface area contributed by atoms with E-state index in [1.165, 1.54) is 12.1 Å². The van der Waals surface area contributed by atoms with E-state index in [0.29, 0.717) is 29.8 Å². The number of nitrogens with zero attached hydrogens (tertiary/aromatic N) is 2. The zero-order valence-electron chi connectivity index (χ0n) is 25.2. The van der Waals surface area contributed by atoms with Gasteiger partial charge in [0.2, 0.25) is 0 Å². The average Bonchev–Trinajstić information content (AvgIpc) is 2.89. The van der Waals surface area contributed by atoms with Crippen LogP contribution in [0.2, 0.25) is 0 Å². The number of likely N-dealkylation sites (N-methyl/N-ethyl adjacent to an activating group) is 1. The highest BCUT2D eigenvalue weighted by Gasteiger charge is 2.17. The maximum atomic E-state index is 12.9. The molecule has 2 amide bonds. The predicted octanol–water partition coefficient (Wildman–Crippen LogP) is 6.25. The predicted molar refractivity (Wildman–Crippen MR) is 156 cm³/mol. The molecule has 0 aliphatic rings. The lowest BCUT2D eigenvalue weighted by molar-refractivity contribution is 0.0755. The molecule has 0 aliphatic heterocycles. The van der Waals surface area contributed by atoms with Gasteiger partial charge < -0.3 is 19.9 Å². The van der Waals surface area contributed by atoms with Crippen molar-refractivity contribution in [2.45, 2.75) is 60.8 Å². The maximum absolute atomic E-state index is 12.9. The Balaban J connectivity index is 0.00000109. The van der Waals surface area contributed by atoms with Crippen molar-refractivity contribution in [2.24, 2.45) is 0 Å². The Bertz CT molecular complexity index is 929. The number of methoxy groups -OCH3 is 1. The average molecular weight is 550 g/mol. The first-order valence-electron chi connectivity index (χ1n) is 13.9. The molecule has 0 heterocycles. The molecule has 0 aromatic heterocycles. The molecule has 0 radical (unpaired) electrons. The van der Waals surface area contributed by atoms with Gasteiger partial charge in [-0.1, -0.05) is 27.7 Å². The zero-order valence-corrected chi connectivity index (χ0v) is 25.2. The van der Waals surface area contributed by atoms with Gasteiger partial charge in [-0.3, -0.25) is 9.59 Å². The summed E-state index contributed by atoms with van der Waals surface area (Å²) in [6, 6.07) is 8.83. The van der Waals surface area contributed by atoms with Crippen molar-refractivity contribution in [3.05, 3.63) is 70.3 Å². The van der Waals surface area contributed by atoms with E-state index < -0.39 is 11.6 Å². The highest BCUT2D eigenvalue weighted by Crippen LogP contribution is 2.13. The molecule has 8 heteroatoms. The number of carbonyl (C=O) groups is 2. The van der Waals surface area contributed by atoms with Crippen molar-refractivity contribution in [1.29, 1.82) is 0 Å². The molecule has 0 fully saturated rings. The molecule has 0 unspecified atom stereocenters. The third-order valence-corrected chi connectivity index (χ3v) is 5.55. The SMILES string of the molecule is CC.CCCN(CCC)C(=O)c1cc(C)cc(C(=O)NCCCN(C)CCOC)c1.Cc1cc(F)cc(F)c1. The molecule has 2 rings (SSSR count). The molecule has 0 aliphatic carbocycles. The number of carbonyl (C=O) groups excluding carboxylic acids is 2. The molecule has 0 spiro atoms. The number of rotatable bonds is 13. The van der Waals surface area contributed by atoms with Crippen LogP contribution >= 0.6 is 0 Å². The molecule has 6 nitrogen and oxygen atoms in total. The van der Waals surface area contributed by atoms with Crippen LogP contribution in [0.4, 0.5) is 8.78 Å². The minimum absolute atomic E-state index is 0.00113. The molecule has 220 valence electrons. The van der Waals surface area contributed by atoms with Crippen LogP contribution in [-0.4, -0.2) is 75.1 Å². The number of amides is 2. The van der Waals surface area contributed by atoms with Crippen LogP contribution in [0.5, 0.6) is 0 Å². The smallest absolute Gasteiger partial charge is 0.253 e. The number of nitrogens with one attached hydrogen (secondary N) is 1. The van der Waals surface area contributed by atoms with Gasteiger partial charge in [0.05, 0.1) is 6.61 Å². The first kappa shape index (κ1) is 36.2. The van der Waals surface area contributed by atoms with Crippen LogP contribution in [0.25, 0.3) is 0 Å². The summed E-state index contributed by atoms with van der Waals surface area (Å²) in [5, 5.41) is 2.96. The normalized spacial score (nSPS) is 10.2. The second-order valence-corrected chi connectivity index (χ2v) is 9.23. The summed E-state index contributed by atoms with van der Waals surface area (Å²) >= 11 is 0. The van der Waals surface area contributed by atoms with Crippen molar-refractivity contribution in [1.82, 2.24) is 15.1 Å². The van der Waals surface area contributed by atoms with Crippen molar-refractivity contribution in [3.63, 3.8) is 0 Å². The van der Waals surface area contributed by atoms with Gasteiger partial charge in [0.1, 0.15) is 11.6 Å². The molecule has 2 aromatic carbocycles. The molecule has 0 atom stereocenters. The van der Waals surface area contributed by atoms with Crippen LogP contribution in [-0.2, 0) is 4.74 Å². The number of hydrogen-bond acceptors (Lipinski definition) is 4. The summed E-state index contributed by atoms with van der Waals surface area (Å²) in [5.74, 6) is -1.17. The first-order chi connectivity index (χ1) is 18.6.